The van der Waals surface area contributed by atoms with Gasteiger partial charge in [-0.25, -0.2) is 8.78 Å². The second kappa shape index (κ2) is 8.23. The molecule has 0 bridgehead atoms. The molecule has 152 valence electrons. The molecular weight excluding hydrogens is 466 g/mol. The monoisotopic (exact) mass is 482 g/mol. The van der Waals surface area contributed by atoms with Crippen molar-refractivity contribution in [1.29, 1.82) is 0 Å². The molecule has 0 radical (unpaired) electrons. The molecule has 1 aliphatic heterocycles. The number of rotatable bonds is 4. The summed E-state index contributed by atoms with van der Waals surface area (Å²) in [5.41, 5.74) is 0.661. The van der Waals surface area contributed by atoms with Gasteiger partial charge >= 0.3 is 0 Å². The van der Waals surface area contributed by atoms with Crippen LogP contribution in [0.5, 0.6) is 10.9 Å². The van der Waals surface area contributed by atoms with E-state index in [0.29, 0.717) is 51.6 Å². The number of hydrogen-bond acceptors (Lipinski definition) is 5. The molecule has 1 aliphatic rings. The van der Waals surface area contributed by atoms with Crippen molar-refractivity contribution in [2.45, 2.75) is 18.9 Å². The van der Waals surface area contributed by atoms with Gasteiger partial charge in [0.05, 0.1) is 17.4 Å². The molecule has 0 aliphatic carbocycles. The minimum absolute atomic E-state index is 0.0771. The summed E-state index contributed by atoms with van der Waals surface area (Å²) in [6.07, 6.45) is 1.11. The van der Waals surface area contributed by atoms with Gasteiger partial charge in [0.15, 0.2) is 5.82 Å². The summed E-state index contributed by atoms with van der Waals surface area (Å²) in [5, 5.41) is 0.310. The average molecular weight is 483 g/mol. The quantitative estimate of drug-likeness (QED) is 0.523. The molecule has 0 spiro atoms. The van der Waals surface area contributed by atoms with Gasteiger partial charge < -0.3 is 14.4 Å². The normalized spacial score (nSPS) is 15.0. The van der Waals surface area contributed by atoms with Gasteiger partial charge in [0, 0.05) is 36.5 Å². The molecule has 0 atom stereocenters. The Labute approximate surface area is 178 Å². The van der Waals surface area contributed by atoms with Crippen LogP contribution in [0.2, 0.25) is 0 Å². The van der Waals surface area contributed by atoms with Crippen LogP contribution in [0.4, 0.5) is 8.78 Å². The zero-order chi connectivity index (χ0) is 20.5. The first kappa shape index (κ1) is 20.0. The Balaban J connectivity index is 1.41. The van der Waals surface area contributed by atoms with Gasteiger partial charge in [0.1, 0.15) is 23.2 Å². The predicted octanol–water partition coefficient (Wildman–Crippen LogP) is 5.03. The fourth-order valence-corrected chi connectivity index (χ4v) is 4.61. The van der Waals surface area contributed by atoms with Gasteiger partial charge in [-0.3, -0.25) is 4.79 Å². The van der Waals surface area contributed by atoms with Crippen molar-refractivity contribution < 1.29 is 23.0 Å². The molecule has 0 saturated carbocycles. The third-order valence-electron chi connectivity index (χ3n) is 4.79. The molecule has 4 rings (SSSR count). The molecule has 29 heavy (non-hydrogen) atoms. The molecule has 1 amide bonds. The molecule has 1 fully saturated rings. The van der Waals surface area contributed by atoms with Crippen LogP contribution in [-0.4, -0.2) is 42.1 Å². The molecule has 1 aromatic heterocycles. The van der Waals surface area contributed by atoms with Gasteiger partial charge in [-0.2, -0.15) is 4.98 Å². The average Bonchev–Trinajstić information content (AvgIpc) is 3.11. The van der Waals surface area contributed by atoms with E-state index in [2.05, 4.69) is 20.9 Å². The molecule has 3 aromatic rings. The lowest BCUT2D eigenvalue weighted by Gasteiger charge is -2.31. The van der Waals surface area contributed by atoms with E-state index in [1.165, 1.54) is 6.07 Å². The number of nitrogens with zero attached hydrogens (tertiary/aromatic N) is 2. The third-order valence-corrected chi connectivity index (χ3v) is 6.38. The van der Waals surface area contributed by atoms with E-state index in [4.69, 9.17) is 9.47 Å². The maximum atomic E-state index is 13.8. The van der Waals surface area contributed by atoms with E-state index in [1.807, 2.05) is 0 Å². The number of halogens is 3. The van der Waals surface area contributed by atoms with E-state index in [-0.39, 0.29) is 17.5 Å². The summed E-state index contributed by atoms with van der Waals surface area (Å²) in [6, 6.07) is 7.34. The Hall–Kier alpha value is -2.26. The molecule has 2 heterocycles. The first-order valence-electron chi connectivity index (χ1n) is 8.99. The largest absolute Gasteiger partial charge is 0.497 e. The number of piperidine rings is 1. The van der Waals surface area contributed by atoms with Crippen LogP contribution in [0, 0.1) is 11.6 Å². The van der Waals surface area contributed by atoms with E-state index in [0.717, 1.165) is 17.4 Å². The molecule has 2 aromatic carbocycles. The van der Waals surface area contributed by atoms with Gasteiger partial charge in [-0.15, -0.1) is 0 Å². The van der Waals surface area contributed by atoms with Crippen LogP contribution in [0.3, 0.4) is 0 Å². The minimum Gasteiger partial charge on any atom is -0.497 e. The zero-order valence-electron chi connectivity index (χ0n) is 15.5. The van der Waals surface area contributed by atoms with E-state index in [9.17, 15) is 13.6 Å². The number of thiazole rings is 1. The molecule has 9 heteroatoms. The predicted molar refractivity (Wildman–Crippen MR) is 110 cm³/mol. The highest BCUT2D eigenvalue weighted by Gasteiger charge is 2.27. The number of benzene rings is 2. The first-order chi connectivity index (χ1) is 13.9. The number of likely N-dealkylation sites (tertiary alicyclic amines) is 1. The number of methoxy groups -OCH3 is 1. The molecular formula is C20H17BrF2N2O3S. The Bertz CT molecular complexity index is 1070. The fraction of sp³-hybridized carbons (Fsp3) is 0.300. The van der Waals surface area contributed by atoms with Crippen LogP contribution < -0.4 is 9.47 Å². The summed E-state index contributed by atoms with van der Waals surface area (Å²) >= 11 is 4.53. The fourth-order valence-electron chi connectivity index (χ4n) is 3.27. The van der Waals surface area contributed by atoms with Crippen molar-refractivity contribution in [3.63, 3.8) is 0 Å². The van der Waals surface area contributed by atoms with Gasteiger partial charge in [0.2, 0.25) is 0 Å². The van der Waals surface area contributed by atoms with Gasteiger partial charge in [-0.05, 0) is 40.2 Å². The Morgan fingerprint density at radius 1 is 1.24 bits per heavy atom. The summed E-state index contributed by atoms with van der Waals surface area (Å²) < 4.78 is 39.4. The lowest BCUT2D eigenvalue weighted by atomic mass is 10.1. The summed E-state index contributed by atoms with van der Waals surface area (Å²) in [7, 11) is 1.56. The topological polar surface area (TPSA) is 51.7 Å². The lowest BCUT2D eigenvalue weighted by Crippen LogP contribution is -2.41. The number of amides is 1. The zero-order valence-corrected chi connectivity index (χ0v) is 17.9. The van der Waals surface area contributed by atoms with Crippen molar-refractivity contribution in [2.75, 3.05) is 20.2 Å². The first-order valence-corrected chi connectivity index (χ1v) is 10.6. The molecule has 0 unspecified atom stereocenters. The highest BCUT2D eigenvalue weighted by atomic mass is 79.9. The van der Waals surface area contributed by atoms with Crippen molar-refractivity contribution in [2.24, 2.45) is 0 Å². The van der Waals surface area contributed by atoms with Crippen molar-refractivity contribution in [1.82, 2.24) is 9.88 Å². The minimum atomic E-state index is -0.699. The van der Waals surface area contributed by atoms with Crippen LogP contribution >= 0.6 is 27.3 Å². The Morgan fingerprint density at radius 3 is 2.72 bits per heavy atom. The highest BCUT2D eigenvalue weighted by Crippen LogP contribution is 2.32. The number of ether oxygens (including phenoxy) is 2. The number of carbonyl (C=O) groups is 1. The van der Waals surface area contributed by atoms with Crippen LogP contribution in [-0.2, 0) is 0 Å². The lowest BCUT2D eigenvalue weighted by molar-refractivity contribution is 0.0594. The summed E-state index contributed by atoms with van der Waals surface area (Å²) in [5.74, 6) is -0.794. The standard InChI is InChI=1S/C20H17BrF2N2O3S/c1-27-13-2-3-15(21)14(10-13)19(26)25-6-4-12(5-7-25)28-20-24-18-16(23)8-11(22)9-17(18)29-20/h2-3,8-10,12H,4-7H2,1H3. The smallest absolute Gasteiger partial charge is 0.274 e. The number of hydrogen-bond donors (Lipinski definition) is 0. The molecule has 0 N–H and O–H groups in total. The van der Waals surface area contributed by atoms with Crippen LogP contribution in [0.15, 0.2) is 34.8 Å². The van der Waals surface area contributed by atoms with Crippen molar-refractivity contribution in [3.8, 4) is 10.9 Å². The summed E-state index contributed by atoms with van der Waals surface area (Å²) in [6.45, 7) is 1.06. The van der Waals surface area contributed by atoms with Crippen molar-refractivity contribution >= 4 is 43.4 Å². The molecule has 1 saturated heterocycles. The van der Waals surface area contributed by atoms with Crippen LogP contribution in [0.25, 0.3) is 10.2 Å². The maximum Gasteiger partial charge on any atom is 0.274 e. The second-order valence-corrected chi connectivity index (χ2v) is 8.52. The second-order valence-electron chi connectivity index (χ2n) is 6.67. The van der Waals surface area contributed by atoms with E-state index in [1.54, 1.807) is 30.2 Å². The summed E-state index contributed by atoms with van der Waals surface area (Å²) in [4.78, 5) is 18.8. The van der Waals surface area contributed by atoms with Crippen LogP contribution in [0.1, 0.15) is 23.2 Å². The highest BCUT2D eigenvalue weighted by molar-refractivity contribution is 9.10. The van der Waals surface area contributed by atoms with Gasteiger partial charge in [0.25, 0.3) is 11.1 Å². The number of carbonyl (C=O) groups excluding carboxylic acids is 1. The Morgan fingerprint density at radius 2 is 2.00 bits per heavy atom. The number of fused-ring (bicyclic) bond motifs is 1. The Kier molecular flexibility index (Phi) is 5.69. The number of aromatic nitrogens is 1. The van der Waals surface area contributed by atoms with E-state index < -0.39 is 11.6 Å². The van der Waals surface area contributed by atoms with Crippen molar-refractivity contribution in [3.05, 3.63) is 52.0 Å². The SMILES string of the molecule is COc1ccc(Br)c(C(=O)N2CCC(Oc3nc4c(F)cc(F)cc4s3)CC2)c1. The maximum absolute atomic E-state index is 13.8. The third kappa shape index (κ3) is 4.20. The van der Waals surface area contributed by atoms with Gasteiger partial charge in [-0.1, -0.05) is 11.3 Å². The van der Waals surface area contributed by atoms with E-state index >= 15 is 0 Å². The molecule has 5 nitrogen and oxygen atoms in total.